The number of ether oxygens (including phenoxy) is 1. The number of carbonyl (C=O) groups is 1. The zero-order chi connectivity index (χ0) is 21.0. The molecule has 2 aromatic carbocycles. The third kappa shape index (κ3) is 5.39. The summed E-state index contributed by atoms with van der Waals surface area (Å²) in [4.78, 5) is 12.5. The quantitative estimate of drug-likeness (QED) is 0.433. The lowest BCUT2D eigenvalue weighted by Crippen LogP contribution is -2.24. The van der Waals surface area contributed by atoms with Crippen molar-refractivity contribution in [2.75, 3.05) is 11.2 Å². The molecule has 152 valence electrons. The van der Waals surface area contributed by atoms with E-state index in [2.05, 4.69) is 15.5 Å². The van der Waals surface area contributed by atoms with Crippen molar-refractivity contribution < 1.29 is 13.9 Å². The summed E-state index contributed by atoms with van der Waals surface area (Å²) < 4.78 is 19.7. The molecule has 1 atom stereocenters. The average molecular weight is 436 g/mol. The van der Waals surface area contributed by atoms with E-state index >= 15 is 0 Å². The van der Waals surface area contributed by atoms with Gasteiger partial charge in [0.25, 0.3) is 0 Å². The van der Waals surface area contributed by atoms with E-state index in [-0.39, 0.29) is 18.3 Å². The summed E-state index contributed by atoms with van der Waals surface area (Å²) in [6.45, 7) is 3.68. The molecule has 3 aromatic rings. The molecule has 0 aliphatic heterocycles. The van der Waals surface area contributed by atoms with Crippen LogP contribution in [0.3, 0.4) is 0 Å². The van der Waals surface area contributed by atoms with Gasteiger partial charge in [0.1, 0.15) is 18.2 Å². The van der Waals surface area contributed by atoms with Crippen molar-refractivity contribution in [3.05, 3.63) is 64.7 Å². The average Bonchev–Trinajstić information content (AvgIpc) is 3.04. The van der Waals surface area contributed by atoms with Crippen LogP contribution in [0.5, 0.6) is 5.75 Å². The molecule has 1 aromatic heterocycles. The number of nitrogens with zero attached hydrogens (tertiary/aromatic N) is 3. The molecule has 3 N–H and O–H groups in total. The standard InChI is InChI=1S/C19H19ClFN5O2S/c1-11-3-4-13(20)9-16(11)23-18(27)12(2)29-19-25-24-17(26(19)22)10-28-15-7-5-14(21)6-8-15/h3-9,12H,10,22H2,1-2H3,(H,23,27). The fourth-order valence-electron chi connectivity index (χ4n) is 2.34. The lowest BCUT2D eigenvalue weighted by atomic mass is 10.2. The van der Waals surface area contributed by atoms with E-state index in [1.807, 2.05) is 13.0 Å². The highest BCUT2D eigenvalue weighted by Gasteiger charge is 2.20. The van der Waals surface area contributed by atoms with Gasteiger partial charge < -0.3 is 15.9 Å². The number of nitrogens with two attached hydrogens (primary N) is 1. The predicted octanol–water partition coefficient (Wildman–Crippen LogP) is 3.79. The smallest absolute Gasteiger partial charge is 0.237 e. The van der Waals surface area contributed by atoms with Crippen LogP contribution in [0, 0.1) is 12.7 Å². The van der Waals surface area contributed by atoms with Crippen molar-refractivity contribution in [1.82, 2.24) is 14.9 Å². The maximum Gasteiger partial charge on any atom is 0.237 e. The predicted molar refractivity (Wildman–Crippen MR) is 111 cm³/mol. The molecule has 0 spiro atoms. The van der Waals surface area contributed by atoms with Gasteiger partial charge in [-0.2, -0.15) is 0 Å². The van der Waals surface area contributed by atoms with Gasteiger partial charge >= 0.3 is 0 Å². The molecule has 10 heteroatoms. The number of amides is 1. The molecule has 0 aliphatic rings. The highest BCUT2D eigenvalue weighted by molar-refractivity contribution is 8.00. The first-order valence-electron chi connectivity index (χ1n) is 8.65. The van der Waals surface area contributed by atoms with Crippen molar-refractivity contribution in [1.29, 1.82) is 0 Å². The van der Waals surface area contributed by atoms with E-state index < -0.39 is 5.25 Å². The van der Waals surface area contributed by atoms with Crippen LogP contribution in [-0.2, 0) is 11.4 Å². The SMILES string of the molecule is Cc1ccc(Cl)cc1NC(=O)C(C)Sc1nnc(COc2ccc(F)cc2)n1N. The summed E-state index contributed by atoms with van der Waals surface area (Å²) in [5.74, 6) is 6.30. The van der Waals surface area contributed by atoms with Crippen LogP contribution in [0.25, 0.3) is 0 Å². The monoisotopic (exact) mass is 435 g/mol. The van der Waals surface area contributed by atoms with E-state index in [9.17, 15) is 9.18 Å². The largest absolute Gasteiger partial charge is 0.486 e. The molecule has 1 unspecified atom stereocenters. The summed E-state index contributed by atoms with van der Waals surface area (Å²) in [6, 6.07) is 10.9. The summed E-state index contributed by atoms with van der Waals surface area (Å²) >= 11 is 7.16. The molecule has 0 aliphatic carbocycles. The first-order chi connectivity index (χ1) is 13.8. The molecule has 1 amide bonds. The molecule has 0 radical (unpaired) electrons. The summed E-state index contributed by atoms with van der Waals surface area (Å²) in [6.07, 6.45) is 0. The molecule has 0 saturated carbocycles. The van der Waals surface area contributed by atoms with Crippen LogP contribution in [0.15, 0.2) is 47.6 Å². The van der Waals surface area contributed by atoms with Crippen molar-refractivity contribution in [3.8, 4) is 5.75 Å². The normalized spacial score (nSPS) is 11.9. The van der Waals surface area contributed by atoms with Crippen molar-refractivity contribution in [3.63, 3.8) is 0 Å². The molecule has 0 fully saturated rings. The third-order valence-electron chi connectivity index (χ3n) is 4.03. The highest BCUT2D eigenvalue weighted by Crippen LogP contribution is 2.25. The first kappa shape index (κ1) is 20.9. The van der Waals surface area contributed by atoms with Crippen LogP contribution in [0.1, 0.15) is 18.3 Å². The Morgan fingerprint density at radius 2 is 2.03 bits per heavy atom. The van der Waals surface area contributed by atoms with Gasteiger partial charge in [0.05, 0.1) is 5.25 Å². The Hall–Kier alpha value is -2.78. The minimum Gasteiger partial charge on any atom is -0.486 e. The zero-order valence-electron chi connectivity index (χ0n) is 15.7. The van der Waals surface area contributed by atoms with Crippen LogP contribution < -0.4 is 15.9 Å². The van der Waals surface area contributed by atoms with Gasteiger partial charge in [-0.3, -0.25) is 4.79 Å². The second-order valence-corrected chi connectivity index (χ2v) is 7.96. The number of rotatable bonds is 7. The summed E-state index contributed by atoms with van der Waals surface area (Å²) in [5, 5.41) is 11.3. The lowest BCUT2D eigenvalue weighted by Gasteiger charge is -2.13. The highest BCUT2D eigenvalue weighted by atomic mass is 35.5. The maximum absolute atomic E-state index is 12.9. The first-order valence-corrected chi connectivity index (χ1v) is 9.90. The van der Waals surface area contributed by atoms with Gasteiger partial charge in [-0.05, 0) is 55.8 Å². The fourth-order valence-corrected chi connectivity index (χ4v) is 3.30. The van der Waals surface area contributed by atoms with Crippen LogP contribution >= 0.6 is 23.4 Å². The zero-order valence-corrected chi connectivity index (χ0v) is 17.3. The van der Waals surface area contributed by atoms with Crippen molar-refractivity contribution in [2.24, 2.45) is 0 Å². The number of hydrogen-bond donors (Lipinski definition) is 2. The Bertz CT molecular complexity index is 1010. The Kier molecular flexibility index (Phi) is 6.60. The number of benzene rings is 2. The molecule has 0 saturated heterocycles. The summed E-state index contributed by atoms with van der Waals surface area (Å²) in [5.41, 5.74) is 1.56. The topological polar surface area (TPSA) is 95.1 Å². The Morgan fingerprint density at radius 1 is 1.31 bits per heavy atom. The van der Waals surface area contributed by atoms with Gasteiger partial charge in [-0.15, -0.1) is 10.2 Å². The minimum atomic E-state index is -0.481. The van der Waals surface area contributed by atoms with Gasteiger partial charge in [0.2, 0.25) is 11.1 Å². The molecule has 3 rings (SSSR count). The molecule has 7 nitrogen and oxygen atoms in total. The number of nitrogens with one attached hydrogen (secondary N) is 1. The lowest BCUT2D eigenvalue weighted by molar-refractivity contribution is -0.115. The number of anilines is 1. The van der Waals surface area contributed by atoms with E-state index in [0.717, 1.165) is 5.56 Å². The fraction of sp³-hybridized carbons (Fsp3) is 0.211. The number of aromatic nitrogens is 3. The Labute approximate surface area is 176 Å². The van der Waals surface area contributed by atoms with Gasteiger partial charge in [0, 0.05) is 10.7 Å². The van der Waals surface area contributed by atoms with E-state index in [1.165, 1.54) is 40.7 Å². The number of carbonyl (C=O) groups excluding carboxylic acids is 1. The molecule has 0 bridgehead atoms. The molecule has 29 heavy (non-hydrogen) atoms. The van der Waals surface area contributed by atoms with Gasteiger partial charge in [-0.25, -0.2) is 9.07 Å². The number of thioether (sulfide) groups is 1. The molecular formula is C19H19ClFN5O2S. The Morgan fingerprint density at radius 3 is 2.76 bits per heavy atom. The maximum atomic E-state index is 12.9. The Balaban J connectivity index is 1.60. The minimum absolute atomic E-state index is 0.0536. The summed E-state index contributed by atoms with van der Waals surface area (Å²) in [7, 11) is 0. The van der Waals surface area contributed by atoms with Crippen LogP contribution in [0.2, 0.25) is 5.02 Å². The van der Waals surface area contributed by atoms with Crippen LogP contribution in [0.4, 0.5) is 10.1 Å². The number of hydrogen-bond acceptors (Lipinski definition) is 6. The van der Waals surface area contributed by atoms with Gasteiger partial charge in [-0.1, -0.05) is 29.4 Å². The van der Waals surface area contributed by atoms with Crippen molar-refractivity contribution in [2.45, 2.75) is 30.9 Å². The van der Waals surface area contributed by atoms with E-state index in [0.29, 0.717) is 27.4 Å². The molecular weight excluding hydrogens is 417 g/mol. The number of nitrogen functional groups attached to an aromatic ring is 1. The van der Waals surface area contributed by atoms with E-state index in [4.69, 9.17) is 22.2 Å². The number of aryl methyl sites for hydroxylation is 1. The second kappa shape index (κ2) is 9.15. The number of halogens is 2. The van der Waals surface area contributed by atoms with Crippen LogP contribution in [-0.4, -0.2) is 26.0 Å². The third-order valence-corrected chi connectivity index (χ3v) is 5.32. The van der Waals surface area contributed by atoms with E-state index in [1.54, 1.807) is 19.1 Å². The second-order valence-electron chi connectivity index (χ2n) is 6.22. The van der Waals surface area contributed by atoms with Gasteiger partial charge in [0.15, 0.2) is 5.82 Å². The van der Waals surface area contributed by atoms with Crippen molar-refractivity contribution >= 4 is 35.0 Å². The molecule has 1 heterocycles.